The number of amides is 1. The zero-order valence-corrected chi connectivity index (χ0v) is 16.6. The van der Waals surface area contributed by atoms with Crippen LogP contribution in [0.4, 0.5) is 0 Å². The SMILES string of the molecule is COc1ccc(C(=O)NCCn2nc(C3CCNC3)c3cccnc32)c(OC)c1. The number of pyridine rings is 1. The summed E-state index contributed by atoms with van der Waals surface area (Å²) in [5.41, 5.74) is 2.40. The number of hydrogen-bond acceptors (Lipinski definition) is 6. The van der Waals surface area contributed by atoms with E-state index >= 15 is 0 Å². The van der Waals surface area contributed by atoms with Gasteiger partial charge in [-0.2, -0.15) is 5.10 Å². The summed E-state index contributed by atoms with van der Waals surface area (Å²) in [6.07, 6.45) is 2.85. The molecule has 0 aliphatic carbocycles. The van der Waals surface area contributed by atoms with Crippen molar-refractivity contribution in [1.29, 1.82) is 0 Å². The molecule has 2 N–H and O–H groups in total. The first-order chi connectivity index (χ1) is 14.2. The molecule has 1 unspecified atom stereocenters. The summed E-state index contributed by atoms with van der Waals surface area (Å²) in [6, 6.07) is 9.15. The second kappa shape index (κ2) is 8.48. The van der Waals surface area contributed by atoms with Crippen LogP contribution in [-0.2, 0) is 6.54 Å². The van der Waals surface area contributed by atoms with Crippen molar-refractivity contribution in [3.8, 4) is 11.5 Å². The lowest BCUT2D eigenvalue weighted by atomic mass is 10.0. The van der Waals surface area contributed by atoms with Crippen LogP contribution >= 0.6 is 0 Å². The van der Waals surface area contributed by atoms with E-state index in [4.69, 9.17) is 14.6 Å². The van der Waals surface area contributed by atoms with Gasteiger partial charge in [0.25, 0.3) is 5.91 Å². The van der Waals surface area contributed by atoms with E-state index in [0.717, 1.165) is 36.2 Å². The molecule has 8 nitrogen and oxygen atoms in total. The van der Waals surface area contributed by atoms with Crippen LogP contribution in [0.3, 0.4) is 0 Å². The van der Waals surface area contributed by atoms with Gasteiger partial charge in [0.05, 0.1) is 32.0 Å². The number of nitrogens with one attached hydrogen (secondary N) is 2. The number of hydrogen-bond donors (Lipinski definition) is 2. The summed E-state index contributed by atoms with van der Waals surface area (Å²) in [5, 5.41) is 12.2. The molecule has 1 atom stereocenters. The smallest absolute Gasteiger partial charge is 0.255 e. The number of rotatable bonds is 7. The standard InChI is InChI=1S/C21H25N5O3/c1-28-15-5-6-16(18(12-15)29-2)21(27)24-10-11-26-20-17(4-3-8-23-20)19(25-26)14-7-9-22-13-14/h3-6,8,12,14,22H,7,9-11,13H2,1-2H3,(H,24,27). The van der Waals surface area contributed by atoms with Crippen molar-refractivity contribution in [1.82, 2.24) is 25.4 Å². The van der Waals surface area contributed by atoms with Crippen molar-refractivity contribution < 1.29 is 14.3 Å². The minimum atomic E-state index is -0.200. The maximum absolute atomic E-state index is 12.6. The fourth-order valence-electron chi connectivity index (χ4n) is 3.74. The molecule has 152 valence electrons. The maximum atomic E-state index is 12.6. The largest absolute Gasteiger partial charge is 0.497 e. The van der Waals surface area contributed by atoms with E-state index in [1.54, 1.807) is 31.5 Å². The first-order valence-electron chi connectivity index (χ1n) is 9.73. The summed E-state index contributed by atoms with van der Waals surface area (Å²) < 4.78 is 12.4. The fraction of sp³-hybridized carbons (Fsp3) is 0.381. The third-order valence-electron chi connectivity index (χ3n) is 5.25. The Kier molecular flexibility index (Phi) is 5.62. The van der Waals surface area contributed by atoms with Gasteiger partial charge in [0, 0.05) is 36.7 Å². The Bertz CT molecular complexity index is 1010. The molecule has 1 aliphatic heterocycles. The summed E-state index contributed by atoms with van der Waals surface area (Å²) in [5.74, 6) is 1.32. The highest BCUT2D eigenvalue weighted by atomic mass is 16.5. The van der Waals surface area contributed by atoms with Crippen molar-refractivity contribution >= 4 is 16.9 Å². The van der Waals surface area contributed by atoms with Crippen molar-refractivity contribution in [3.05, 3.63) is 47.8 Å². The highest BCUT2D eigenvalue weighted by Crippen LogP contribution is 2.28. The van der Waals surface area contributed by atoms with E-state index in [1.807, 2.05) is 10.7 Å². The van der Waals surface area contributed by atoms with Crippen molar-refractivity contribution in [3.63, 3.8) is 0 Å². The monoisotopic (exact) mass is 395 g/mol. The minimum absolute atomic E-state index is 0.200. The van der Waals surface area contributed by atoms with Crippen LogP contribution in [0.2, 0.25) is 0 Å². The van der Waals surface area contributed by atoms with Crippen LogP contribution in [0, 0.1) is 0 Å². The molecule has 1 saturated heterocycles. The van der Waals surface area contributed by atoms with Gasteiger partial charge in [-0.1, -0.05) is 0 Å². The van der Waals surface area contributed by atoms with Gasteiger partial charge in [0.1, 0.15) is 11.5 Å². The molecule has 1 aliphatic rings. The predicted octanol–water partition coefficient (Wildman–Crippen LogP) is 1.96. The number of carbonyl (C=O) groups is 1. The molecule has 3 heterocycles. The lowest BCUT2D eigenvalue weighted by Crippen LogP contribution is -2.28. The highest BCUT2D eigenvalue weighted by Gasteiger charge is 2.23. The first kappa shape index (κ1) is 19.2. The number of benzene rings is 1. The molecular weight excluding hydrogens is 370 g/mol. The highest BCUT2D eigenvalue weighted by molar-refractivity contribution is 5.97. The van der Waals surface area contributed by atoms with Gasteiger partial charge in [0.15, 0.2) is 5.65 Å². The van der Waals surface area contributed by atoms with Gasteiger partial charge in [0.2, 0.25) is 0 Å². The molecule has 8 heteroatoms. The van der Waals surface area contributed by atoms with Crippen LogP contribution in [0.25, 0.3) is 11.0 Å². The first-order valence-corrected chi connectivity index (χ1v) is 9.73. The Hall–Kier alpha value is -3.13. The number of carbonyl (C=O) groups excluding carboxylic acids is 1. The van der Waals surface area contributed by atoms with E-state index in [1.165, 1.54) is 7.11 Å². The van der Waals surface area contributed by atoms with Crippen molar-refractivity contribution in [2.24, 2.45) is 0 Å². The van der Waals surface area contributed by atoms with Crippen LogP contribution in [0.1, 0.15) is 28.4 Å². The third kappa shape index (κ3) is 3.88. The second-order valence-electron chi connectivity index (χ2n) is 6.99. The van der Waals surface area contributed by atoms with Gasteiger partial charge >= 0.3 is 0 Å². The van der Waals surface area contributed by atoms with Gasteiger partial charge in [-0.15, -0.1) is 0 Å². The Balaban J connectivity index is 1.47. The number of methoxy groups -OCH3 is 2. The molecule has 0 radical (unpaired) electrons. The molecule has 0 spiro atoms. The molecule has 2 aromatic heterocycles. The molecule has 3 aromatic rings. The van der Waals surface area contributed by atoms with E-state index in [0.29, 0.717) is 36.1 Å². The molecule has 1 amide bonds. The number of nitrogens with zero attached hydrogens (tertiary/aromatic N) is 3. The van der Waals surface area contributed by atoms with Crippen molar-refractivity contribution in [2.75, 3.05) is 33.9 Å². The molecule has 1 fully saturated rings. The average molecular weight is 395 g/mol. The predicted molar refractivity (Wildman–Crippen MR) is 110 cm³/mol. The molecule has 0 bridgehead atoms. The Morgan fingerprint density at radius 2 is 2.21 bits per heavy atom. The van der Waals surface area contributed by atoms with Crippen LogP contribution in [0.15, 0.2) is 36.5 Å². The number of ether oxygens (including phenoxy) is 2. The Labute approximate surface area is 169 Å². The van der Waals surface area contributed by atoms with Gasteiger partial charge in [-0.25, -0.2) is 9.67 Å². The topological polar surface area (TPSA) is 90.3 Å². The number of fused-ring (bicyclic) bond motifs is 1. The lowest BCUT2D eigenvalue weighted by Gasteiger charge is -2.11. The van der Waals surface area contributed by atoms with Gasteiger partial charge < -0.3 is 20.1 Å². The Morgan fingerprint density at radius 1 is 1.31 bits per heavy atom. The minimum Gasteiger partial charge on any atom is -0.497 e. The molecule has 1 aromatic carbocycles. The van der Waals surface area contributed by atoms with E-state index in [2.05, 4.69) is 21.7 Å². The molecular formula is C21H25N5O3. The summed E-state index contributed by atoms with van der Waals surface area (Å²) in [7, 11) is 3.11. The molecule has 29 heavy (non-hydrogen) atoms. The third-order valence-corrected chi connectivity index (χ3v) is 5.25. The second-order valence-corrected chi connectivity index (χ2v) is 6.99. The van der Waals surface area contributed by atoms with E-state index < -0.39 is 0 Å². The summed E-state index contributed by atoms with van der Waals surface area (Å²) >= 11 is 0. The number of aromatic nitrogens is 3. The van der Waals surface area contributed by atoms with Gasteiger partial charge in [-0.3, -0.25) is 4.79 Å². The van der Waals surface area contributed by atoms with Crippen LogP contribution in [0.5, 0.6) is 11.5 Å². The zero-order chi connectivity index (χ0) is 20.2. The lowest BCUT2D eigenvalue weighted by molar-refractivity contribution is 0.0949. The quantitative estimate of drug-likeness (QED) is 0.636. The van der Waals surface area contributed by atoms with Crippen molar-refractivity contribution in [2.45, 2.75) is 18.9 Å². The maximum Gasteiger partial charge on any atom is 0.255 e. The van der Waals surface area contributed by atoms with E-state index in [-0.39, 0.29) is 5.91 Å². The van der Waals surface area contributed by atoms with Crippen LogP contribution in [-0.4, -0.2) is 54.5 Å². The Morgan fingerprint density at radius 3 is 2.97 bits per heavy atom. The summed E-state index contributed by atoms with van der Waals surface area (Å²) in [6.45, 7) is 2.93. The van der Waals surface area contributed by atoms with Gasteiger partial charge in [-0.05, 0) is 37.2 Å². The zero-order valence-electron chi connectivity index (χ0n) is 16.6. The normalized spacial score (nSPS) is 16.1. The van der Waals surface area contributed by atoms with Crippen LogP contribution < -0.4 is 20.1 Å². The molecule has 4 rings (SSSR count). The summed E-state index contributed by atoms with van der Waals surface area (Å²) in [4.78, 5) is 17.1. The van der Waals surface area contributed by atoms with E-state index in [9.17, 15) is 4.79 Å². The fourth-order valence-corrected chi connectivity index (χ4v) is 3.74. The average Bonchev–Trinajstić information content (AvgIpc) is 3.41. The molecule has 0 saturated carbocycles.